The van der Waals surface area contributed by atoms with E-state index in [0.29, 0.717) is 6.54 Å². The van der Waals surface area contributed by atoms with E-state index >= 15 is 0 Å². The number of hydrogen-bond acceptors (Lipinski definition) is 2. The lowest BCUT2D eigenvalue weighted by Gasteiger charge is -2.09. The summed E-state index contributed by atoms with van der Waals surface area (Å²) in [5.74, 6) is -0.449. The van der Waals surface area contributed by atoms with Crippen LogP contribution in [-0.4, -0.2) is 22.4 Å². The third-order valence-electron chi connectivity index (χ3n) is 3.06. The number of amides is 2. The van der Waals surface area contributed by atoms with Gasteiger partial charge in [0.05, 0.1) is 11.4 Å². The quantitative estimate of drug-likeness (QED) is 0.832. The van der Waals surface area contributed by atoms with Crippen LogP contribution >= 0.6 is 0 Å². The molecule has 0 saturated carbocycles. The molecule has 0 aliphatic carbocycles. The van der Waals surface area contributed by atoms with Gasteiger partial charge >= 0.3 is 6.03 Å². The molecule has 5 nitrogen and oxygen atoms in total. The van der Waals surface area contributed by atoms with Crippen LogP contribution in [0.4, 0.5) is 14.9 Å². The van der Waals surface area contributed by atoms with E-state index in [2.05, 4.69) is 15.7 Å². The maximum Gasteiger partial charge on any atom is 0.319 e. The number of benzene rings is 1. The summed E-state index contributed by atoms with van der Waals surface area (Å²) in [7, 11) is 0. The number of aryl methyl sites for hydroxylation is 3. The first-order valence-corrected chi connectivity index (χ1v) is 6.86. The molecule has 6 heteroatoms. The van der Waals surface area contributed by atoms with Crippen molar-refractivity contribution in [3.63, 3.8) is 0 Å². The normalized spacial score (nSPS) is 10.4. The molecule has 2 N–H and O–H groups in total. The van der Waals surface area contributed by atoms with Gasteiger partial charge in [0.25, 0.3) is 0 Å². The molecule has 1 aromatic carbocycles. The van der Waals surface area contributed by atoms with Crippen LogP contribution in [0.1, 0.15) is 17.8 Å². The van der Waals surface area contributed by atoms with Gasteiger partial charge in [-0.2, -0.15) is 5.10 Å². The average Bonchev–Trinajstić information content (AvgIpc) is 2.76. The van der Waals surface area contributed by atoms with Crippen molar-refractivity contribution in [1.82, 2.24) is 15.1 Å². The van der Waals surface area contributed by atoms with Gasteiger partial charge in [-0.25, -0.2) is 9.18 Å². The van der Waals surface area contributed by atoms with Crippen molar-refractivity contribution in [2.24, 2.45) is 0 Å². The number of carbonyl (C=O) groups is 1. The summed E-state index contributed by atoms with van der Waals surface area (Å²) in [5.41, 5.74) is 2.26. The maximum absolute atomic E-state index is 13.4. The molecular weight excluding hydrogens is 271 g/mol. The van der Waals surface area contributed by atoms with Crippen molar-refractivity contribution in [2.45, 2.75) is 26.8 Å². The predicted octanol–water partition coefficient (Wildman–Crippen LogP) is 2.85. The second-order valence-electron chi connectivity index (χ2n) is 4.86. The van der Waals surface area contributed by atoms with Crippen molar-refractivity contribution in [3.05, 3.63) is 47.5 Å². The Bertz CT molecular complexity index is 624. The van der Waals surface area contributed by atoms with Crippen LogP contribution in [0.15, 0.2) is 30.3 Å². The fraction of sp³-hybridized carbons (Fsp3) is 0.333. The molecule has 2 rings (SSSR count). The Kier molecular flexibility index (Phi) is 4.92. The topological polar surface area (TPSA) is 59.0 Å². The first kappa shape index (κ1) is 15.0. The highest BCUT2D eigenvalue weighted by molar-refractivity contribution is 5.89. The Balaban J connectivity index is 1.72. The predicted molar refractivity (Wildman–Crippen MR) is 79.7 cm³/mol. The third kappa shape index (κ3) is 4.30. The first-order valence-electron chi connectivity index (χ1n) is 6.86. The van der Waals surface area contributed by atoms with Crippen LogP contribution in [-0.2, 0) is 6.54 Å². The molecule has 2 amide bonds. The molecule has 0 saturated heterocycles. The summed E-state index contributed by atoms with van der Waals surface area (Å²) in [5, 5.41) is 9.52. The highest BCUT2D eigenvalue weighted by Gasteiger charge is 2.05. The summed E-state index contributed by atoms with van der Waals surface area (Å²) < 4.78 is 15.3. The van der Waals surface area contributed by atoms with E-state index in [9.17, 15) is 9.18 Å². The minimum absolute atomic E-state index is 0.175. The SMILES string of the molecule is Cc1cc(C)n(CCCNC(=O)Nc2ccccc2F)n1. The second kappa shape index (κ2) is 6.88. The van der Waals surface area contributed by atoms with Gasteiger partial charge in [0, 0.05) is 18.8 Å². The lowest BCUT2D eigenvalue weighted by molar-refractivity contribution is 0.251. The summed E-state index contributed by atoms with van der Waals surface area (Å²) >= 11 is 0. The van der Waals surface area contributed by atoms with E-state index in [4.69, 9.17) is 0 Å². The maximum atomic E-state index is 13.4. The molecule has 0 radical (unpaired) electrons. The van der Waals surface area contributed by atoms with Gasteiger partial charge < -0.3 is 10.6 Å². The average molecular weight is 290 g/mol. The van der Waals surface area contributed by atoms with Gasteiger partial charge in [-0.15, -0.1) is 0 Å². The standard InChI is InChI=1S/C15H19FN4O/c1-11-10-12(2)20(19-11)9-5-8-17-15(21)18-14-7-4-3-6-13(14)16/h3-4,6-7,10H,5,8-9H2,1-2H3,(H2,17,18,21). The molecule has 1 aromatic heterocycles. The Hall–Kier alpha value is -2.37. The number of aromatic nitrogens is 2. The van der Waals surface area contributed by atoms with Crippen molar-refractivity contribution in [2.75, 3.05) is 11.9 Å². The fourth-order valence-electron chi connectivity index (χ4n) is 2.06. The zero-order valence-electron chi connectivity index (χ0n) is 12.2. The molecule has 0 atom stereocenters. The van der Waals surface area contributed by atoms with E-state index in [-0.39, 0.29) is 5.69 Å². The number of hydrogen-bond donors (Lipinski definition) is 2. The Morgan fingerprint density at radius 3 is 2.76 bits per heavy atom. The number of rotatable bonds is 5. The highest BCUT2D eigenvalue weighted by atomic mass is 19.1. The first-order chi connectivity index (χ1) is 10.1. The molecule has 0 unspecified atom stereocenters. The molecule has 0 aliphatic heterocycles. The van der Waals surface area contributed by atoms with Gasteiger partial charge in [-0.1, -0.05) is 12.1 Å². The number of nitrogens with one attached hydrogen (secondary N) is 2. The molecule has 0 bridgehead atoms. The fourth-order valence-corrected chi connectivity index (χ4v) is 2.06. The van der Waals surface area contributed by atoms with E-state index in [1.807, 2.05) is 24.6 Å². The van der Waals surface area contributed by atoms with Gasteiger partial charge in [-0.05, 0) is 38.5 Å². The van der Waals surface area contributed by atoms with Crippen molar-refractivity contribution < 1.29 is 9.18 Å². The lowest BCUT2D eigenvalue weighted by atomic mass is 10.3. The van der Waals surface area contributed by atoms with Crippen molar-refractivity contribution >= 4 is 11.7 Å². The van der Waals surface area contributed by atoms with Gasteiger partial charge in [0.15, 0.2) is 0 Å². The molecule has 1 heterocycles. The summed E-state index contributed by atoms with van der Waals surface area (Å²) in [6.45, 7) is 5.18. The Morgan fingerprint density at radius 2 is 2.10 bits per heavy atom. The monoisotopic (exact) mass is 290 g/mol. The zero-order chi connectivity index (χ0) is 15.2. The van der Waals surface area contributed by atoms with Gasteiger partial charge in [0.2, 0.25) is 0 Å². The van der Waals surface area contributed by atoms with E-state index in [0.717, 1.165) is 24.4 Å². The number of anilines is 1. The summed E-state index contributed by atoms with van der Waals surface area (Å²) in [4.78, 5) is 11.6. The second-order valence-corrected chi connectivity index (χ2v) is 4.86. The van der Waals surface area contributed by atoms with Crippen LogP contribution in [0.2, 0.25) is 0 Å². The molecule has 112 valence electrons. The summed E-state index contributed by atoms with van der Waals surface area (Å²) in [6, 6.07) is 7.67. The molecule has 2 aromatic rings. The van der Waals surface area contributed by atoms with Crippen LogP contribution < -0.4 is 10.6 Å². The largest absolute Gasteiger partial charge is 0.338 e. The number of urea groups is 1. The number of halogens is 1. The number of nitrogens with zero attached hydrogens (tertiary/aromatic N) is 2. The van der Waals surface area contributed by atoms with Crippen LogP contribution in [0.25, 0.3) is 0 Å². The van der Waals surface area contributed by atoms with E-state index in [1.165, 1.54) is 12.1 Å². The smallest absolute Gasteiger partial charge is 0.319 e. The van der Waals surface area contributed by atoms with Crippen LogP contribution in [0.5, 0.6) is 0 Å². The van der Waals surface area contributed by atoms with Gasteiger partial charge in [-0.3, -0.25) is 4.68 Å². The number of para-hydroxylation sites is 1. The molecular formula is C15H19FN4O. The Morgan fingerprint density at radius 1 is 1.33 bits per heavy atom. The minimum atomic E-state index is -0.449. The van der Waals surface area contributed by atoms with Crippen LogP contribution in [0.3, 0.4) is 0 Å². The van der Waals surface area contributed by atoms with E-state index < -0.39 is 11.8 Å². The molecule has 0 spiro atoms. The van der Waals surface area contributed by atoms with Crippen molar-refractivity contribution in [1.29, 1.82) is 0 Å². The number of carbonyl (C=O) groups excluding carboxylic acids is 1. The van der Waals surface area contributed by atoms with Crippen molar-refractivity contribution in [3.8, 4) is 0 Å². The highest BCUT2D eigenvalue weighted by Crippen LogP contribution is 2.11. The molecule has 0 fully saturated rings. The zero-order valence-corrected chi connectivity index (χ0v) is 12.2. The molecule has 21 heavy (non-hydrogen) atoms. The molecule has 0 aliphatic rings. The van der Waals surface area contributed by atoms with Gasteiger partial charge in [0.1, 0.15) is 5.82 Å². The lowest BCUT2D eigenvalue weighted by Crippen LogP contribution is -2.30. The minimum Gasteiger partial charge on any atom is -0.338 e. The third-order valence-corrected chi connectivity index (χ3v) is 3.06. The van der Waals surface area contributed by atoms with Crippen LogP contribution in [0, 0.1) is 19.7 Å². The Labute approximate surface area is 123 Å². The van der Waals surface area contributed by atoms with E-state index in [1.54, 1.807) is 12.1 Å². The summed E-state index contributed by atoms with van der Waals surface area (Å²) in [6.07, 6.45) is 0.757.